The van der Waals surface area contributed by atoms with Crippen LogP contribution >= 0.6 is 15.9 Å². The lowest BCUT2D eigenvalue weighted by molar-refractivity contribution is 0.184. The van der Waals surface area contributed by atoms with Crippen molar-refractivity contribution in [2.45, 2.75) is 12.5 Å². The molecule has 0 aliphatic carbocycles. The molecule has 15 heavy (non-hydrogen) atoms. The molecular weight excluding hydrogens is 256 g/mol. The van der Waals surface area contributed by atoms with Gasteiger partial charge >= 0.3 is 0 Å². The van der Waals surface area contributed by atoms with Gasteiger partial charge in [-0.15, -0.1) is 0 Å². The van der Waals surface area contributed by atoms with Crippen molar-refractivity contribution >= 4 is 26.8 Å². The Bertz CT molecular complexity index is 467. The second kappa shape index (κ2) is 4.35. The number of aromatic nitrogens is 1. The number of benzene rings is 1. The van der Waals surface area contributed by atoms with Crippen molar-refractivity contribution in [3.8, 4) is 0 Å². The second-order valence-corrected chi connectivity index (χ2v) is 4.42. The SMILES string of the molecule is NCC(O)Cc1c[nH]c2c(Br)cccc12. The van der Waals surface area contributed by atoms with Crippen LogP contribution in [0.25, 0.3) is 10.9 Å². The molecule has 1 unspecified atom stereocenters. The number of para-hydroxylation sites is 1. The number of aliphatic hydroxyl groups is 1. The lowest BCUT2D eigenvalue weighted by atomic mass is 10.1. The van der Waals surface area contributed by atoms with E-state index >= 15 is 0 Å². The van der Waals surface area contributed by atoms with Gasteiger partial charge in [0.15, 0.2) is 0 Å². The fourth-order valence-corrected chi connectivity index (χ4v) is 2.16. The molecule has 0 bridgehead atoms. The molecule has 80 valence electrons. The van der Waals surface area contributed by atoms with E-state index in [1.165, 1.54) is 0 Å². The second-order valence-electron chi connectivity index (χ2n) is 3.57. The maximum absolute atomic E-state index is 9.51. The number of H-pyrrole nitrogens is 1. The predicted molar refractivity (Wildman–Crippen MR) is 64.8 cm³/mol. The number of aliphatic hydroxyl groups excluding tert-OH is 1. The number of aromatic amines is 1. The smallest absolute Gasteiger partial charge is 0.0703 e. The lowest BCUT2D eigenvalue weighted by Gasteiger charge is -2.05. The van der Waals surface area contributed by atoms with E-state index in [9.17, 15) is 5.11 Å². The predicted octanol–water partition coefficient (Wildman–Crippen LogP) is 1.79. The summed E-state index contributed by atoms with van der Waals surface area (Å²) in [6.45, 7) is 0.292. The summed E-state index contributed by atoms with van der Waals surface area (Å²) in [5, 5.41) is 10.6. The number of hydrogen-bond donors (Lipinski definition) is 3. The minimum absolute atomic E-state index is 0.292. The van der Waals surface area contributed by atoms with E-state index in [1.807, 2.05) is 24.4 Å². The molecule has 1 aromatic carbocycles. The average molecular weight is 269 g/mol. The van der Waals surface area contributed by atoms with E-state index in [0.717, 1.165) is 20.9 Å². The van der Waals surface area contributed by atoms with E-state index in [4.69, 9.17) is 5.73 Å². The van der Waals surface area contributed by atoms with Crippen molar-refractivity contribution in [3.05, 3.63) is 34.4 Å². The number of halogens is 1. The Morgan fingerprint density at radius 1 is 1.47 bits per heavy atom. The third kappa shape index (κ3) is 2.07. The molecule has 0 fully saturated rings. The van der Waals surface area contributed by atoms with Crippen LogP contribution in [0, 0.1) is 0 Å². The Balaban J connectivity index is 2.41. The van der Waals surface area contributed by atoms with Crippen LogP contribution in [0.5, 0.6) is 0 Å². The Hall–Kier alpha value is -0.840. The van der Waals surface area contributed by atoms with Crippen LogP contribution in [0.2, 0.25) is 0 Å². The van der Waals surface area contributed by atoms with E-state index in [1.54, 1.807) is 0 Å². The summed E-state index contributed by atoms with van der Waals surface area (Å²) >= 11 is 3.48. The molecule has 0 aliphatic heterocycles. The zero-order valence-corrected chi connectivity index (χ0v) is 9.79. The summed E-state index contributed by atoms with van der Waals surface area (Å²) in [7, 11) is 0. The number of nitrogens with two attached hydrogens (primary N) is 1. The van der Waals surface area contributed by atoms with Crippen LogP contribution in [0.15, 0.2) is 28.9 Å². The maximum Gasteiger partial charge on any atom is 0.0703 e. The van der Waals surface area contributed by atoms with Gasteiger partial charge < -0.3 is 15.8 Å². The quantitative estimate of drug-likeness (QED) is 0.795. The minimum Gasteiger partial charge on any atom is -0.391 e. The molecule has 0 spiro atoms. The first-order chi connectivity index (χ1) is 7.22. The molecular formula is C11H13BrN2O. The van der Waals surface area contributed by atoms with Crippen LogP contribution < -0.4 is 5.73 Å². The maximum atomic E-state index is 9.51. The van der Waals surface area contributed by atoms with Gasteiger partial charge in [-0.1, -0.05) is 12.1 Å². The molecule has 0 aliphatic rings. The van der Waals surface area contributed by atoms with Crippen LogP contribution in [-0.4, -0.2) is 22.7 Å². The van der Waals surface area contributed by atoms with Crippen LogP contribution in [-0.2, 0) is 6.42 Å². The monoisotopic (exact) mass is 268 g/mol. The first kappa shape index (κ1) is 10.7. The first-order valence-corrected chi connectivity index (χ1v) is 5.64. The van der Waals surface area contributed by atoms with Crippen molar-refractivity contribution in [2.24, 2.45) is 5.73 Å². The van der Waals surface area contributed by atoms with Gasteiger partial charge in [0, 0.05) is 29.0 Å². The van der Waals surface area contributed by atoms with Gasteiger partial charge in [0.25, 0.3) is 0 Å². The Morgan fingerprint density at radius 3 is 3.00 bits per heavy atom. The van der Waals surface area contributed by atoms with Gasteiger partial charge in [0.05, 0.1) is 11.6 Å². The summed E-state index contributed by atoms with van der Waals surface area (Å²) in [4.78, 5) is 3.19. The van der Waals surface area contributed by atoms with Gasteiger partial charge in [0.1, 0.15) is 0 Å². The third-order valence-corrected chi connectivity index (χ3v) is 3.14. The van der Waals surface area contributed by atoms with E-state index in [-0.39, 0.29) is 0 Å². The summed E-state index contributed by atoms with van der Waals surface area (Å²) in [5.74, 6) is 0. The number of rotatable bonds is 3. The van der Waals surface area contributed by atoms with Crippen LogP contribution in [0.1, 0.15) is 5.56 Å². The molecule has 0 saturated carbocycles. The highest BCUT2D eigenvalue weighted by Gasteiger charge is 2.09. The van der Waals surface area contributed by atoms with Crippen LogP contribution in [0.3, 0.4) is 0 Å². The molecule has 2 rings (SSSR count). The summed E-state index contributed by atoms with van der Waals surface area (Å²) in [6, 6.07) is 6.01. The minimum atomic E-state index is -0.469. The van der Waals surface area contributed by atoms with E-state index < -0.39 is 6.10 Å². The van der Waals surface area contributed by atoms with Crippen molar-refractivity contribution in [1.82, 2.24) is 4.98 Å². The molecule has 1 atom stereocenters. The highest BCUT2D eigenvalue weighted by molar-refractivity contribution is 9.10. The average Bonchev–Trinajstić information content (AvgIpc) is 2.63. The molecule has 4 N–H and O–H groups in total. The Kier molecular flexibility index (Phi) is 3.09. The van der Waals surface area contributed by atoms with Crippen molar-refractivity contribution < 1.29 is 5.11 Å². The van der Waals surface area contributed by atoms with E-state index in [2.05, 4.69) is 20.9 Å². The largest absolute Gasteiger partial charge is 0.391 e. The number of hydrogen-bond acceptors (Lipinski definition) is 2. The molecule has 1 heterocycles. The van der Waals surface area contributed by atoms with Gasteiger partial charge in [-0.2, -0.15) is 0 Å². The van der Waals surface area contributed by atoms with Crippen molar-refractivity contribution in [1.29, 1.82) is 0 Å². The van der Waals surface area contributed by atoms with Gasteiger partial charge in [-0.25, -0.2) is 0 Å². The molecule has 0 saturated heterocycles. The molecule has 3 nitrogen and oxygen atoms in total. The topological polar surface area (TPSA) is 62.0 Å². The normalized spacial score (nSPS) is 13.3. The molecule has 0 radical (unpaired) electrons. The molecule has 0 amide bonds. The summed E-state index contributed by atoms with van der Waals surface area (Å²) in [6.07, 6.45) is 2.05. The number of nitrogens with one attached hydrogen (secondary N) is 1. The first-order valence-electron chi connectivity index (χ1n) is 4.85. The van der Waals surface area contributed by atoms with E-state index in [0.29, 0.717) is 13.0 Å². The summed E-state index contributed by atoms with van der Waals surface area (Å²) < 4.78 is 1.04. The van der Waals surface area contributed by atoms with Gasteiger partial charge in [-0.05, 0) is 27.6 Å². The molecule has 2 aromatic rings. The fraction of sp³-hybridized carbons (Fsp3) is 0.273. The Morgan fingerprint density at radius 2 is 2.27 bits per heavy atom. The van der Waals surface area contributed by atoms with Gasteiger partial charge in [-0.3, -0.25) is 0 Å². The highest BCUT2D eigenvalue weighted by Crippen LogP contribution is 2.26. The lowest BCUT2D eigenvalue weighted by Crippen LogP contribution is -2.21. The molecule has 1 aromatic heterocycles. The zero-order chi connectivity index (χ0) is 10.8. The Labute approximate surface area is 96.4 Å². The zero-order valence-electron chi connectivity index (χ0n) is 8.20. The number of fused-ring (bicyclic) bond motifs is 1. The van der Waals surface area contributed by atoms with Crippen molar-refractivity contribution in [2.75, 3.05) is 6.54 Å². The van der Waals surface area contributed by atoms with Crippen molar-refractivity contribution in [3.63, 3.8) is 0 Å². The molecule has 4 heteroatoms. The summed E-state index contributed by atoms with van der Waals surface area (Å²) in [5.41, 5.74) is 7.56. The highest BCUT2D eigenvalue weighted by atomic mass is 79.9. The van der Waals surface area contributed by atoms with Crippen LogP contribution in [0.4, 0.5) is 0 Å². The fourth-order valence-electron chi connectivity index (χ4n) is 1.68. The van der Waals surface area contributed by atoms with Gasteiger partial charge in [0.2, 0.25) is 0 Å². The third-order valence-electron chi connectivity index (χ3n) is 2.48. The standard InChI is InChI=1S/C11H13BrN2O/c12-10-3-1-2-9-7(4-8(15)5-13)6-14-11(9)10/h1-3,6,8,14-15H,4-5,13H2.